The fraction of sp³-hybridized carbons (Fsp3) is 0.529. The summed E-state index contributed by atoms with van der Waals surface area (Å²) in [5.41, 5.74) is -0.584. The highest BCUT2D eigenvalue weighted by Gasteiger charge is 2.40. The van der Waals surface area contributed by atoms with Gasteiger partial charge in [0.15, 0.2) is 5.60 Å². The van der Waals surface area contributed by atoms with Gasteiger partial charge >= 0.3 is 0 Å². The third kappa shape index (κ3) is 4.45. The fourth-order valence-electron chi connectivity index (χ4n) is 2.71. The zero-order chi connectivity index (χ0) is 16.9. The summed E-state index contributed by atoms with van der Waals surface area (Å²) in [5.74, 6) is 0.227. The Morgan fingerprint density at radius 1 is 1.35 bits per heavy atom. The molecule has 2 N–H and O–H groups in total. The predicted molar refractivity (Wildman–Crippen MR) is 85.9 cm³/mol. The summed E-state index contributed by atoms with van der Waals surface area (Å²) in [4.78, 5) is 25.3. The second-order valence-electron chi connectivity index (χ2n) is 5.84. The maximum absolute atomic E-state index is 12.3. The largest absolute Gasteiger partial charge is 0.494 e. The molecule has 0 aliphatic carbocycles. The molecule has 1 aromatic carbocycles. The summed E-state index contributed by atoms with van der Waals surface area (Å²) in [7, 11) is 0. The summed E-state index contributed by atoms with van der Waals surface area (Å²) in [6.07, 6.45) is 0.985. The van der Waals surface area contributed by atoms with E-state index in [0.717, 1.165) is 11.3 Å². The Hall–Kier alpha value is -2.08. The number of likely N-dealkylation sites (tertiary alicyclic amines) is 1. The van der Waals surface area contributed by atoms with Crippen LogP contribution >= 0.6 is 0 Å². The van der Waals surface area contributed by atoms with Gasteiger partial charge in [0.1, 0.15) is 5.75 Å². The monoisotopic (exact) mass is 320 g/mol. The van der Waals surface area contributed by atoms with Crippen molar-refractivity contribution in [3.8, 4) is 5.75 Å². The smallest absolute Gasteiger partial charge is 0.254 e. The number of aliphatic hydroxyl groups is 1. The van der Waals surface area contributed by atoms with E-state index in [-0.39, 0.29) is 12.5 Å². The summed E-state index contributed by atoms with van der Waals surface area (Å²) >= 11 is 0. The minimum atomic E-state index is -1.50. The number of ether oxygens (including phenoxy) is 1. The lowest BCUT2D eigenvalue weighted by Crippen LogP contribution is -2.57. The Bertz CT molecular complexity index is 558. The van der Waals surface area contributed by atoms with E-state index < -0.39 is 11.5 Å². The van der Waals surface area contributed by atoms with Crippen LogP contribution in [0.5, 0.6) is 5.75 Å². The molecule has 1 heterocycles. The quantitative estimate of drug-likeness (QED) is 0.851. The van der Waals surface area contributed by atoms with Gasteiger partial charge < -0.3 is 20.1 Å². The van der Waals surface area contributed by atoms with E-state index in [1.807, 2.05) is 31.2 Å². The molecule has 6 heteroatoms. The molecule has 2 amide bonds. The second-order valence-corrected chi connectivity index (χ2v) is 5.84. The number of amides is 2. The van der Waals surface area contributed by atoms with E-state index in [2.05, 4.69) is 5.32 Å². The van der Waals surface area contributed by atoms with Crippen LogP contribution in [0.3, 0.4) is 0 Å². The Morgan fingerprint density at radius 2 is 2.04 bits per heavy atom. The van der Waals surface area contributed by atoms with Gasteiger partial charge in [0.05, 0.1) is 13.2 Å². The van der Waals surface area contributed by atoms with E-state index in [1.54, 1.807) is 0 Å². The first-order valence-electron chi connectivity index (χ1n) is 7.92. The second kappa shape index (κ2) is 7.46. The average molecular weight is 320 g/mol. The number of nitrogens with zero attached hydrogens (tertiary/aromatic N) is 1. The lowest BCUT2D eigenvalue weighted by molar-refractivity contribution is -0.150. The molecular weight excluding hydrogens is 296 g/mol. The van der Waals surface area contributed by atoms with Crippen molar-refractivity contribution in [1.82, 2.24) is 10.2 Å². The molecule has 2 rings (SSSR count). The number of hydrogen-bond donors (Lipinski definition) is 2. The number of β-amino-alcohol motifs (C(OH)–C–C–N with tert-alkyl or cyclic N) is 1. The molecule has 23 heavy (non-hydrogen) atoms. The fourth-order valence-corrected chi connectivity index (χ4v) is 2.71. The first-order chi connectivity index (χ1) is 10.9. The van der Waals surface area contributed by atoms with Crippen molar-refractivity contribution in [3.05, 3.63) is 29.8 Å². The number of benzene rings is 1. The SMILES string of the molecule is CCOc1ccc(CNC(=O)C2(O)CCCN(C(C)=O)C2)cc1. The van der Waals surface area contributed by atoms with Gasteiger partial charge in [-0.25, -0.2) is 0 Å². The normalized spacial score (nSPS) is 20.9. The molecule has 1 atom stereocenters. The number of carbonyl (C=O) groups is 2. The zero-order valence-electron chi connectivity index (χ0n) is 13.7. The summed E-state index contributed by atoms with van der Waals surface area (Å²) in [6.45, 7) is 4.94. The van der Waals surface area contributed by atoms with Gasteiger partial charge in [0.25, 0.3) is 5.91 Å². The van der Waals surface area contributed by atoms with Crippen molar-refractivity contribution >= 4 is 11.8 Å². The van der Waals surface area contributed by atoms with Crippen LogP contribution in [0.2, 0.25) is 0 Å². The molecule has 0 spiro atoms. The van der Waals surface area contributed by atoms with Crippen LogP contribution in [0, 0.1) is 0 Å². The third-order valence-corrected chi connectivity index (χ3v) is 4.03. The van der Waals surface area contributed by atoms with Crippen LogP contribution in [-0.4, -0.2) is 47.1 Å². The van der Waals surface area contributed by atoms with Crippen LogP contribution in [-0.2, 0) is 16.1 Å². The van der Waals surface area contributed by atoms with Crippen molar-refractivity contribution < 1.29 is 19.4 Å². The Labute approximate surface area is 136 Å². The maximum Gasteiger partial charge on any atom is 0.254 e. The van der Waals surface area contributed by atoms with Crippen molar-refractivity contribution in [3.63, 3.8) is 0 Å². The van der Waals surface area contributed by atoms with Crippen molar-refractivity contribution in [1.29, 1.82) is 0 Å². The van der Waals surface area contributed by atoms with Gasteiger partial charge in [-0.1, -0.05) is 12.1 Å². The molecule has 0 aromatic heterocycles. The Balaban J connectivity index is 1.91. The average Bonchev–Trinajstić information content (AvgIpc) is 2.54. The van der Waals surface area contributed by atoms with Crippen molar-refractivity contribution in [2.75, 3.05) is 19.7 Å². The number of hydrogen-bond acceptors (Lipinski definition) is 4. The van der Waals surface area contributed by atoms with Gasteiger partial charge in [0, 0.05) is 20.0 Å². The lowest BCUT2D eigenvalue weighted by atomic mass is 9.91. The van der Waals surface area contributed by atoms with Gasteiger partial charge in [0.2, 0.25) is 5.91 Å². The number of rotatable bonds is 5. The third-order valence-electron chi connectivity index (χ3n) is 4.03. The van der Waals surface area contributed by atoms with Crippen molar-refractivity contribution in [2.24, 2.45) is 0 Å². The van der Waals surface area contributed by atoms with Gasteiger partial charge in [-0.3, -0.25) is 9.59 Å². The topological polar surface area (TPSA) is 78.9 Å². The predicted octanol–water partition coefficient (Wildman–Crippen LogP) is 1.07. The first-order valence-corrected chi connectivity index (χ1v) is 7.92. The molecule has 1 saturated heterocycles. The number of nitrogens with one attached hydrogen (secondary N) is 1. The zero-order valence-corrected chi connectivity index (χ0v) is 13.7. The molecule has 1 aliphatic rings. The summed E-state index contributed by atoms with van der Waals surface area (Å²) in [6, 6.07) is 7.44. The van der Waals surface area contributed by atoms with Crippen LogP contribution in [0.15, 0.2) is 24.3 Å². The molecule has 126 valence electrons. The molecule has 0 bridgehead atoms. The molecule has 6 nitrogen and oxygen atoms in total. The first kappa shape index (κ1) is 17.3. The van der Waals surface area contributed by atoms with Crippen LogP contribution in [0.1, 0.15) is 32.3 Å². The van der Waals surface area contributed by atoms with Gasteiger partial charge in [-0.05, 0) is 37.5 Å². The molecule has 0 radical (unpaired) electrons. The summed E-state index contributed by atoms with van der Waals surface area (Å²) in [5, 5.41) is 13.3. The van der Waals surface area contributed by atoms with E-state index in [0.29, 0.717) is 32.5 Å². The summed E-state index contributed by atoms with van der Waals surface area (Å²) < 4.78 is 5.37. The van der Waals surface area contributed by atoms with E-state index >= 15 is 0 Å². The highest BCUT2D eigenvalue weighted by molar-refractivity contribution is 5.86. The van der Waals surface area contributed by atoms with Crippen LogP contribution in [0.25, 0.3) is 0 Å². The van der Waals surface area contributed by atoms with Crippen LogP contribution < -0.4 is 10.1 Å². The van der Waals surface area contributed by atoms with Gasteiger partial charge in [-0.2, -0.15) is 0 Å². The van der Waals surface area contributed by atoms with E-state index in [4.69, 9.17) is 4.74 Å². The van der Waals surface area contributed by atoms with E-state index in [1.165, 1.54) is 11.8 Å². The van der Waals surface area contributed by atoms with Gasteiger partial charge in [-0.15, -0.1) is 0 Å². The highest BCUT2D eigenvalue weighted by atomic mass is 16.5. The standard InChI is InChI=1S/C17H24N2O4/c1-3-23-15-7-5-14(6-8-15)11-18-16(21)17(22)9-4-10-19(12-17)13(2)20/h5-8,22H,3-4,9-12H2,1-2H3,(H,18,21). The maximum atomic E-state index is 12.3. The highest BCUT2D eigenvalue weighted by Crippen LogP contribution is 2.22. The minimum Gasteiger partial charge on any atom is -0.494 e. The molecule has 1 aliphatic heterocycles. The Morgan fingerprint density at radius 3 is 2.65 bits per heavy atom. The molecule has 1 fully saturated rings. The molecule has 1 unspecified atom stereocenters. The lowest BCUT2D eigenvalue weighted by Gasteiger charge is -2.37. The molecule has 1 aromatic rings. The number of piperidine rings is 1. The van der Waals surface area contributed by atoms with E-state index in [9.17, 15) is 14.7 Å². The Kier molecular flexibility index (Phi) is 5.60. The minimum absolute atomic E-state index is 0.0530. The molecular formula is C17H24N2O4. The molecule has 0 saturated carbocycles. The number of carbonyl (C=O) groups excluding carboxylic acids is 2. The van der Waals surface area contributed by atoms with Crippen LogP contribution in [0.4, 0.5) is 0 Å². The van der Waals surface area contributed by atoms with Crippen molar-refractivity contribution in [2.45, 2.75) is 38.8 Å².